The number of hydrogen-bond donors (Lipinski definition) is 0. The molecule has 0 amide bonds. The van der Waals surface area contributed by atoms with Gasteiger partial charge in [0.15, 0.2) is 0 Å². The van der Waals surface area contributed by atoms with Crippen LogP contribution in [0.4, 0.5) is 0 Å². The average molecular weight is 306 g/mol. The van der Waals surface area contributed by atoms with Gasteiger partial charge in [0.2, 0.25) is 0 Å². The second kappa shape index (κ2) is 5.14. The summed E-state index contributed by atoms with van der Waals surface area (Å²) in [5.41, 5.74) is 5.14. The molecule has 24 heavy (non-hydrogen) atoms. The van der Waals surface area contributed by atoms with Gasteiger partial charge in [0, 0.05) is 21.7 Å². The molecule has 0 unspecified atom stereocenters. The molecule has 0 atom stereocenters. The fraction of sp³-hybridized carbons (Fsp3) is 0. The molecule has 2 nitrogen and oxygen atoms in total. The van der Waals surface area contributed by atoms with Crippen molar-refractivity contribution in [2.75, 3.05) is 0 Å². The molecule has 0 aliphatic rings. The van der Waals surface area contributed by atoms with Gasteiger partial charge in [-0.3, -0.25) is 0 Å². The van der Waals surface area contributed by atoms with E-state index in [1.165, 1.54) is 0 Å². The minimum Gasteiger partial charge on any atom is -0.248 e. The minimum atomic E-state index is 0.983. The quantitative estimate of drug-likeness (QED) is 0.376. The van der Waals surface area contributed by atoms with E-state index < -0.39 is 0 Å². The Bertz CT molecular complexity index is 1210. The summed E-state index contributed by atoms with van der Waals surface area (Å²) in [6, 6.07) is 29.1. The summed E-state index contributed by atoms with van der Waals surface area (Å²) in [6.07, 6.45) is 0. The molecule has 2 aromatic heterocycles. The van der Waals surface area contributed by atoms with E-state index in [1.54, 1.807) is 0 Å². The summed E-state index contributed by atoms with van der Waals surface area (Å²) in [6.45, 7) is 0. The zero-order chi connectivity index (χ0) is 15.9. The van der Waals surface area contributed by atoms with E-state index in [0.717, 1.165) is 44.0 Å². The molecule has 0 spiro atoms. The summed E-state index contributed by atoms with van der Waals surface area (Å²) >= 11 is 0. The van der Waals surface area contributed by atoms with E-state index in [-0.39, 0.29) is 0 Å². The highest BCUT2D eigenvalue weighted by Crippen LogP contribution is 2.30. The van der Waals surface area contributed by atoms with Crippen LogP contribution >= 0.6 is 0 Å². The Hall–Kier alpha value is -3.26. The van der Waals surface area contributed by atoms with Gasteiger partial charge >= 0.3 is 0 Å². The first-order valence-corrected chi connectivity index (χ1v) is 8.03. The van der Waals surface area contributed by atoms with Crippen LogP contribution < -0.4 is 0 Å². The molecule has 0 radical (unpaired) electrons. The number of rotatable bonds is 1. The van der Waals surface area contributed by atoms with E-state index in [1.807, 2.05) is 24.3 Å². The molecule has 0 saturated heterocycles. The monoisotopic (exact) mass is 306 g/mol. The topological polar surface area (TPSA) is 25.8 Å². The molecule has 0 aliphatic carbocycles. The van der Waals surface area contributed by atoms with Gasteiger partial charge in [-0.25, -0.2) is 9.97 Å². The van der Waals surface area contributed by atoms with Crippen molar-refractivity contribution in [1.29, 1.82) is 0 Å². The van der Waals surface area contributed by atoms with Gasteiger partial charge in [-0.2, -0.15) is 0 Å². The zero-order valence-electron chi connectivity index (χ0n) is 13.0. The third kappa shape index (κ3) is 2.04. The van der Waals surface area contributed by atoms with Gasteiger partial charge < -0.3 is 0 Å². The smallest absolute Gasteiger partial charge is 0.0716 e. The summed E-state index contributed by atoms with van der Waals surface area (Å²) < 4.78 is 0. The van der Waals surface area contributed by atoms with Gasteiger partial charge in [0.1, 0.15) is 0 Å². The molecule has 3 aromatic carbocycles. The summed E-state index contributed by atoms with van der Waals surface area (Å²) in [4.78, 5) is 9.65. The number of aromatic nitrogens is 2. The van der Waals surface area contributed by atoms with Gasteiger partial charge in [-0.15, -0.1) is 0 Å². The molecule has 2 heterocycles. The third-order valence-corrected chi connectivity index (χ3v) is 4.43. The Balaban J connectivity index is 1.82. The number of para-hydroxylation sites is 2. The molecule has 0 fully saturated rings. The molecular weight excluding hydrogens is 292 g/mol. The van der Waals surface area contributed by atoms with Crippen LogP contribution in [0.15, 0.2) is 84.9 Å². The standard InChI is InChI=1S/C22H14N2/c1-3-9-19-15(6-1)12-13-22(23-19)17-8-5-11-21-18(17)14-16-7-2-4-10-20(16)24-21/h1-14H. The second-order valence-electron chi connectivity index (χ2n) is 5.94. The van der Waals surface area contributed by atoms with Crippen LogP contribution in [0.5, 0.6) is 0 Å². The highest BCUT2D eigenvalue weighted by molar-refractivity contribution is 6.01. The van der Waals surface area contributed by atoms with Gasteiger partial charge in [-0.1, -0.05) is 54.6 Å². The molecule has 112 valence electrons. The van der Waals surface area contributed by atoms with Crippen LogP contribution in [-0.2, 0) is 0 Å². The average Bonchev–Trinajstić information content (AvgIpc) is 2.65. The summed E-state index contributed by atoms with van der Waals surface area (Å²) in [5.74, 6) is 0. The number of pyridine rings is 2. The largest absolute Gasteiger partial charge is 0.248 e. The van der Waals surface area contributed by atoms with E-state index in [4.69, 9.17) is 9.97 Å². The lowest BCUT2D eigenvalue weighted by atomic mass is 10.0. The SMILES string of the molecule is c1ccc2nc(-c3cccc4nc5ccccc5cc34)ccc2c1. The van der Waals surface area contributed by atoms with Gasteiger partial charge in [0.25, 0.3) is 0 Å². The first kappa shape index (κ1) is 13.2. The zero-order valence-corrected chi connectivity index (χ0v) is 13.0. The first-order chi connectivity index (χ1) is 11.9. The van der Waals surface area contributed by atoms with Crippen molar-refractivity contribution in [1.82, 2.24) is 9.97 Å². The Labute approximate surface area is 139 Å². The number of hydrogen-bond acceptors (Lipinski definition) is 2. The Morgan fingerprint density at radius 2 is 1.21 bits per heavy atom. The van der Waals surface area contributed by atoms with Crippen molar-refractivity contribution < 1.29 is 0 Å². The van der Waals surface area contributed by atoms with Crippen molar-refractivity contribution >= 4 is 32.7 Å². The lowest BCUT2D eigenvalue weighted by Crippen LogP contribution is -1.89. The Morgan fingerprint density at radius 3 is 2.08 bits per heavy atom. The maximum absolute atomic E-state index is 4.85. The van der Waals surface area contributed by atoms with Crippen LogP contribution in [0, 0.1) is 0 Å². The molecule has 5 rings (SSSR count). The number of nitrogens with zero attached hydrogens (tertiary/aromatic N) is 2. The lowest BCUT2D eigenvalue weighted by molar-refractivity contribution is 1.40. The van der Waals surface area contributed by atoms with Crippen LogP contribution in [0.25, 0.3) is 44.0 Å². The normalized spacial score (nSPS) is 11.3. The third-order valence-electron chi connectivity index (χ3n) is 4.43. The molecule has 5 aromatic rings. The van der Waals surface area contributed by atoms with Crippen LogP contribution in [-0.4, -0.2) is 9.97 Å². The van der Waals surface area contributed by atoms with E-state index >= 15 is 0 Å². The minimum absolute atomic E-state index is 0.983. The van der Waals surface area contributed by atoms with Crippen LogP contribution in [0.3, 0.4) is 0 Å². The Kier molecular flexibility index (Phi) is 2.83. The maximum Gasteiger partial charge on any atom is 0.0716 e. The number of fused-ring (bicyclic) bond motifs is 3. The molecule has 0 aliphatic heterocycles. The fourth-order valence-corrected chi connectivity index (χ4v) is 3.24. The Morgan fingerprint density at radius 1 is 0.500 bits per heavy atom. The summed E-state index contributed by atoms with van der Waals surface area (Å²) in [5, 5.41) is 3.45. The molecule has 0 bridgehead atoms. The summed E-state index contributed by atoms with van der Waals surface area (Å²) in [7, 11) is 0. The number of benzene rings is 3. The second-order valence-corrected chi connectivity index (χ2v) is 5.94. The predicted molar refractivity (Wildman–Crippen MR) is 100.0 cm³/mol. The molecular formula is C22H14N2. The fourth-order valence-electron chi connectivity index (χ4n) is 3.24. The highest BCUT2D eigenvalue weighted by atomic mass is 14.7. The highest BCUT2D eigenvalue weighted by Gasteiger charge is 2.08. The first-order valence-electron chi connectivity index (χ1n) is 8.03. The van der Waals surface area contributed by atoms with Gasteiger partial charge in [0.05, 0.1) is 22.2 Å². The van der Waals surface area contributed by atoms with E-state index in [0.29, 0.717) is 0 Å². The van der Waals surface area contributed by atoms with Gasteiger partial charge in [-0.05, 0) is 30.3 Å². The van der Waals surface area contributed by atoms with E-state index in [2.05, 4.69) is 60.7 Å². The van der Waals surface area contributed by atoms with Crippen LogP contribution in [0.2, 0.25) is 0 Å². The lowest BCUT2D eigenvalue weighted by Gasteiger charge is -2.08. The molecule has 0 N–H and O–H groups in total. The van der Waals surface area contributed by atoms with Crippen molar-refractivity contribution in [3.8, 4) is 11.3 Å². The van der Waals surface area contributed by atoms with E-state index in [9.17, 15) is 0 Å². The van der Waals surface area contributed by atoms with Crippen molar-refractivity contribution in [2.45, 2.75) is 0 Å². The molecule has 0 saturated carbocycles. The predicted octanol–water partition coefficient (Wildman–Crippen LogP) is 5.60. The molecule has 2 heteroatoms. The van der Waals surface area contributed by atoms with Crippen molar-refractivity contribution in [3.63, 3.8) is 0 Å². The van der Waals surface area contributed by atoms with Crippen LogP contribution in [0.1, 0.15) is 0 Å². The van der Waals surface area contributed by atoms with Crippen molar-refractivity contribution in [3.05, 3.63) is 84.9 Å². The van der Waals surface area contributed by atoms with Crippen molar-refractivity contribution in [2.24, 2.45) is 0 Å². The maximum atomic E-state index is 4.85.